The van der Waals surface area contributed by atoms with Gasteiger partial charge in [-0.1, -0.05) is 0 Å². The minimum Gasteiger partial charge on any atom is -0.384 e. The van der Waals surface area contributed by atoms with Crippen LogP contribution in [0.2, 0.25) is 0 Å². The van der Waals surface area contributed by atoms with Crippen LogP contribution in [0.25, 0.3) is 16.6 Å². The maximum Gasteiger partial charge on any atom is 0.274 e. The highest BCUT2D eigenvalue weighted by Gasteiger charge is 2.33. The second kappa shape index (κ2) is 8.15. The van der Waals surface area contributed by atoms with Gasteiger partial charge < -0.3 is 15.7 Å². The van der Waals surface area contributed by atoms with E-state index in [-0.39, 0.29) is 46.1 Å². The SMILES string of the molecule is C[C@H]1CC[C@@H](c2nc3c4cc(F)cc(F)c4nc(N)n3n2)CN1C(=O)c1cnc(C(C)(C)O)cn1. The van der Waals surface area contributed by atoms with Crippen LogP contribution in [0, 0.1) is 11.6 Å². The monoisotopic (exact) mass is 482 g/mol. The van der Waals surface area contributed by atoms with Gasteiger partial charge >= 0.3 is 0 Å². The van der Waals surface area contributed by atoms with E-state index in [4.69, 9.17) is 5.73 Å². The van der Waals surface area contributed by atoms with E-state index < -0.39 is 17.2 Å². The van der Waals surface area contributed by atoms with Crippen LogP contribution in [-0.2, 0) is 5.60 Å². The van der Waals surface area contributed by atoms with Gasteiger partial charge in [-0.15, -0.1) is 5.10 Å². The van der Waals surface area contributed by atoms with Gasteiger partial charge in [0, 0.05) is 24.6 Å². The van der Waals surface area contributed by atoms with Gasteiger partial charge in [-0.25, -0.2) is 23.7 Å². The summed E-state index contributed by atoms with van der Waals surface area (Å²) >= 11 is 0. The molecule has 10 nitrogen and oxygen atoms in total. The molecule has 2 atom stereocenters. The molecule has 0 aliphatic carbocycles. The normalized spacial score (nSPS) is 19.0. The number of aliphatic hydroxyl groups is 1. The number of amides is 1. The Kier molecular flexibility index (Phi) is 5.35. The maximum absolute atomic E-state index is 14.3. The predicted octanol–water partition coefficient (Wildman–Crippen LogP) is 2.56. The lowest BCUT2D eigenvalue weighted by atomic mass is 9.92. The number of nitrogen functional groups attached to an aromatic ring is 1. The van der Waals surface area contributed by atoms with E-state index in [2.05, 4.69) is 25.0 Å². The first-order valence-corrected chi connectivity index (χ1v) is 11.2. The molecule has 0 bridgehead atoms. The van der Waals surface area contributed by atoms with Crippen molar-refractivity contribution >= 4 is 28.4 Å². The van der Waals surface area contributed by atoms with E-state index in [1.165, 1.54) is 16.9 Å². The molecule has 4 aromatic rings. The molecule has 0 radical (unpaired) electrons. The summed E-state index contributed by atoms with van der Waals surface area (Å²) in [6.07, 6.45) is 4.15. The number of rotatable bonds is 3. The third-order valence-electron chi connectivity index (χ3n) is 6.34. The third-order valence-corrected chi connectivity index (χ3v) is 6.34. The Morgan fingerprint density at radius 3 is 2.63 bits per heavy atom. The molecule has 35 heavy (non-hydrogen) atoms. The first-order valence-electron chi connectivity index (χ1n) is 11.2. The Morgan fingerprint density at radius 1 is 1.17 bits per heavy atom. The zero-order chi connectivity index (χ0) is 25.1. The lowest BCUT2D eigenvalue weighted by Gasteiger charge is -2.36. The number of piperidine rings is 1. The van der Waals surface area contributed by atoms with Gasteiger partial charge in [-0.05, 0) is 39.7 Å². The smallest absolute Gasteiger partial charge is 0.274 e. The molecular formula is C23H24F2N8O2. The molecule has 4 heterocycles. The van der Waals surface area contributed by atoms with Gasteiger partial charge in [0.15, 0.2) is 17.3 Å². The zero-order valence-electron chi connectivity index (χ0n) is 19.4. The van der Waals surface area contributed by atoms with Crippen LogP contribution in [0.1, 0.15) is 61.5 Å². The Labute approximate surface area is 198 Å². The predicted molar refractivity (Wildman–Crippen MR) is 122 cm³/mol. The number of nitrogens with two attached hydrogens (primary N) is 1. The minimum absolute atomic E-state index is 0.0534. The number of hydrogen-bond acceptors (Lipinski definition) is 8. The summed E-state index contributed by atoms with van der Waals surface area (Å²) in [5.41, 5.74) is 5.45. The number of hydrogen-bond donors (Lipinski definition) is 2. The van der Waals surface area contributed by atoms with Gasteiger partial charge in [-0.3, -0.25) is 9.78 Å². The molecule has 1 aromatic carbocycles. The third kappa shape index (κ3) is 4.03. The number of benzene rings is 1. The molecule has 1 amide bonds. The molecule has 1 fully saturated rings. The largest absolute Gasteiger partial charge is 0.384 e. The van der Waals surface area contributed by atoms with Crippen LogP contribution >= 0.6 is 0 Å². The van der Waals surface area contributed by atoms with Crippen LogP contribution in [0.5, 0.6) is 0 Å². The topological polar surface area (TPSA) is 135 Å². The summed E-state index contributed by atoms with van der Waals surface area (Å²) in [5.74, 6) is -1.78. The molecule has 5 rings (SSSR count). The lowest BCUT2D eigenvalue weighted by Crippen LogP contribution is -2.45. The van der Waals surface area contributed by atoms with Crippen LogP contribution in [0.4, 0.5) is 14.7 Å². The zero-order valence-corrected chi connectivity index (χ0v) is 19.4. The Balaban J connectivity index is 1.47. The van der Waals surface area contributed by atoms with Crippen molar-refractivity contribution in [3.05, 3.63) is 53.4 Å². The molecule has 1 saturated heterocycles. The fourth-order valence-corrected chi connectivity index (χ4v) is 4.35. The number of aromatic nitrogens is 6. The van der Waals surface area contributed by atoms with Gasteiger partial charge in [-0.2, -0.15) is 4.52 Å². The van der Waals surface area contributed by atoms with Gasteiger partial charge in [0.05, 0.1) is 23.5 Å². The van der Waals surface area contributed by atoms with Crippen LogP contribution in [0.15, 0.2) is 24.5 Å². The molecule has 0 unspecified atom stereocenters. The number of carbonyl (C=O) groups excluding carboxylic acids is 1. The minimum atomic E-state index is -1.17. The van der Waals surface area contributed by atoms with E-state index in [9.17, 15) is 18.7 Å². The molecule has 3 aromatic heterocycles. The Hall–Kier alpha value is -3.80. The van der Waals surface area contributed by atoms with E-state index in [0.29, 0.717) is 30.9 Å². The van der Waals surface area contributed by atoms with Crippen molar-refractivity contribution in [1.29, 1.82) is 0 Å². The second-order valence-corrected chi connectivity index (χ2v) is 9.39. The van der Waals surface area contributed by atoms with E-state index in [1.807, 2.05) is 6.92 Å². The highest BCUT2D eigenvalue weighted by atomic mass is 19.1. The van der Waals surface area contributed by atoms with E-state index >= 15 is 0 Å². The Morgan fingerprint density at radius 2 is 1.94 bits per heavy atom. The summed E-state index contributed by atoms with van der Waals surface area (Å²) in [5, 5.41) is 14.7. The quantitative estimate of drug-likeness (QED) is 0.455. The number of carbonyl (C=O) groups is 1. The van der Waals surface area contributed by atoms with Gasteiger partial charge in [0.1, 0.15) is 22.6 Å². The van der Waals surface area contributed by atoms with E-state index in [1.54, 1.807) is 18.7 Å². The molecule has 0 saturated carbocycles. The van der Waals surface area contributed by atoms with Crippen molar-refractivity contribution in [2.45, 2.75) is 51.2 Å². The Bertz CT molecular complexity index is 1450. The summed E-state index contributed by atoms with van der Waals surface area (Å²) in [4.78, 5) is 31.9. The van der Waals surface area contributed by atoms with Gasteiger partial charge in [0.2, 0.25) is 5.95 Å². The standard InChI is InChI=1S/C23H24F2N8O2/c1-11-4-5-12(10-32(11)21(34)16-8-28-17(9-27-16)23(2,3)35)19-30-20-14-6-13(24)7-15(25)18(14)29-22(26)33(20)31-19/h6-9,11-12,35H,4-5,10H2,1-3H3,(H2,26,29)/t11-,12+/m0/s1. The fourth-order valence-electron chi connectivity index (χ4n) is 4.35. The summed E-state index contributed by atoms with van der Waals surface area (Å²) < 4.78 is 29.4. The molecule has 3 N–H and O–H groups in total. The summed E-state index contributed by atoms with van der Waals surface area (Å²) in [7, 11) is 0. The summed E-state index contributed by atoms with van der Waals surface area (Å²) in [6, 6.07) is 1.83. The maximum atomic E-state index is 14.3. The lowest BCUT2D eigenvalue weighted by molar-refractivity contribution is 0.0593. The summed E-state index contributed by atoms with van der Waals surface area (Å²) in [6.45, 7) is 5.45. The molecule has 1 aliphatic heterocycles. The van der Waals surface area contributed by atoms with Crippen LogP contribution in [-0.4, -0.2) is 58.1 Å². The average molecular weight is 482 g/mol. The van der Waals surface area contributed by atoms with Crippen LogP contribution in [0.3, 0.4) is 0 Å². The number of halogens is 2. The first-order chi connectivity index (χ1) is 16.5. The number of fused-ring (bicyclic) bond motifs is 3. The molecule has 0 spiro atoms. The van der Waals surface area contributed by atoms with Crippen molar-refractivity contribution in [1.82, 2.24) is 34.4 Å². The molecule has 12 heteroatoms. The average Bonchev–Trinajstić information content (AvgIpc) is 3.26. The fraction of sp³-hybridized carbons (Fsp3) is 0.391. The van der Waals surface area contributed by atoms with Gasteiger partial charge in [0.25, 0.3) is 5.91 Å². The van der Waals surface area contributed by atoms with E-state index in [0.717, 1.165) is 12.1 Å². The number of anilines is 1. The molecule has 182 valence electrons. The number of likely N-dealkylation sites (tertiary alicyclic amines) is 1. The van der Waals surface area contributed by atoms with Crippen molar-refractivity contribution in [2.75, 3.05) is 12.3 Å². The van der Waals surface area contributed by atoms with Crippen molar-refractivity contribution < 1.29 is 18.7 Å². The second-order valence-electron chi connectivity index (χ2n) is 9.39. The highest BCUT2D eigenvalue weighted by molar-refractivity contribution is 5.93. The molecule has 1 aliphatic rings. The number of nitrogens with zero attached hydrogens (tertiary/aromatic N) is 7. The molecular weight excluding hydrogens is 458 g/mol. The van der Waals surface area contributed by atoms with Crippen molar-refractivity contribution in [2.24, 2.45) is 0 Å². The first kappa shape index (κ1) is 23.0. The van der Waals surface area contributed by atoms with Crippen molar-refractivity contribution in [3.63, 3.8) is 0 Å². The highest BCUT2D eigenvalue weighted by Crippen LogP contribution is 2.31. The van der Waals surface area contributed by atoms with Crippen molar-refractivity contribution in [3.8, 4) is 0 Å². The van der Waals surface area contributed by atoms with Crippen LogP contribution < -0.4 is 5.73 Å².